The van der Waals surface area contributed by atoms with Gasteiger partial charge in [-0.2, -0.15) is 0 Å². The molecule has 1 atom stereocenters. The third-order valence-electron chi connectivity index (χ3n) is 4.43. The molecule has 2 aromatic rings. The number of nitrogens with zero attached hydrogens (tertiary/aromatic N) is 3. The van der Waals surface area contributed by atoms with Crippen LogP contribution in [0.25, 0.3) is 0 Å². The minimum Gasteiger partial charge on any atom is -0.370 e. The number of anilines is 1. The minimum atomic E-state index is 0.0606. The van der Waals surface area contributed by atoms with Crippen molar-refractivity contribution >= 4 is 5.82 Å². The van der Waals surface area contributed by atoms with Crippen LogP contribution in [-0.4, -0.2) is 34.1 Å². The van der Waals surface area contributed by atoms with Gasteiger partial charge in [0.15, 0.2) is 0 Å². The predicted octanol–water partition coefficient (Wildman–Crippen LogP) is 2.02. The Morgan fingerprint density at radius 3 is 3.00 bits per heavy atom. The van der Waals surface area contributed by atoms with Gasteiger partial charge in [0.1, 0.15) is 5.82 Å². The van der Waals surface area contributed by atoms with E-state index < -0.39 is 0 Å². The number of rotatable bonds is 5. The summed E-state index contributed by atoms with van der Waals surface area (Å²) < 4.78 is 1.61. The Morgan fingerprint density at radius 2 is 2.22 bits per heavy atom. The van der Waals surface area contributed by atoms with Gasteiger partial charge in [0, 0.05) is 45.1 Å². The van der Waals surface area contributed by atoms with Crippen LogP contribution in [0.2, 0.25) is 0 Å². The molecular formula is C18H24N4O. The highest BCUT2D eigenvalue weighted by Gasteiger charge is 2.22. The zero-order chi connectivity index (χ0) is 16.2. The van der Waals surface area contributed by atoms with Gasteiger partial charge in [-0.15, -0.1) is 0 Å². The first-order valence-corrected chi connectivity index (χ1v) is 8.14. The lowest BCUT2D eigenvalue weighted by Crippen LogP contribution is -2.24. The second-order valence-corrected chi connectivity index (χ2v) is 6.47. The van der Waals surface area contributed by atoms with Crippen molar-refractivity contribution in [3.05, 3.63) is 58.1 Å². The van der Waals surface area contributed by atoms with Gasteiger partial charge in [-0.05, 0) is 55.1 Å². The number of aryl methyl sites for hydroxylation is 2. The average molecular weight is 312 g/mol. The van der Waals surface area contributed by atoms with Crippen LogP contribution in [0.3, 0.4) is 0 Å². The van der Waals surface area contributed by atoms with E-state index in [1.54, 1.807) is 17.7 Å². The number of likely N-dealkylation sites (tertiary alicyclic amines) is 1. The Morgan fingerprint density at radius 1 is 1.35 bits per heavy atom. The predicted molar refractivity (Wildman–Crippen MR) is 92.5 cm³/mol. The molecule has 122 valence electrons. The van der Waals surface area contributed by atoms with Crippen LogP contribution in [0, 0.1) is 12.8 Å². The van der Waals surface area contributed by atoms with Gasteiger partial charge in [-0.25, -0.2) is 4.98 Å². The van der Waals surface area contributed by atoms with E-state index in [2.05, 4.69) is 28.2 Å². The molecular weight excluding hydrogens is 288 g/mol. The maximum Gasteiger partial charge on any atom is 0.250 e. The minimum absolute atomic E-state index is 0.0606. The van der Waals surface area contributed by atoms with E-state index in [9.17, 15) is 4.79 Å². The first-order chi connectivity index (χ1) is 11.1. The molecule has 0 saturated carbocycles. The van der Waals surface area contributed by atoms with E-state index >= 15 is 0 Å². The van der Waals surface area contributed by atoms with Crippen molar-refractivity contribution in [2.24, 2.45) is 13.0 Å². The molecule has 0 bridgehead atoms. The second-order valence-electron chi connectivity index (χ2n) is 6.47. The van der Waals surface area contributed by atoms with E-state index in [4.69, 9.17) is 0 Å². The summed E-state index contributed by atoms with van der Waals surface area (Å²) >= 11 is 0. The molecule has 3 rings (SSSR count). The summed E-state index contributed by atoms with van der Waals surface area (Å²) in [5.74, 6) is 1.58. The lowest BCUT2D eigenvalue weighted by atomic mass is 10.1. The molecule has 0 spiro atoms. The lowest BCUT2D eigenvalue weighted by Gasteiger charge is -2.16. The quantitative estimate of drug-likeness (QED) is 0.918. The number of aromatic nitrogens is 2. The summed E-state index contributed by atoms with van der Waals surface area (Å²) in [4.78, 5) is 18.5. The van der Waals surface area contributed by atoms with Crippen molar-refractivity contribution in [3.8, 4) is 0 Å². The molecule has 2 aromatic heterocycles. The summed E-state index contributed by atoms with van der Waals surface area (Å²) in [5, 5.41) is 3.44. The molecule has 1 aliphatic rings. The first-order valence-electron chi connectivity index (χ1n) is 8.14. The molecule has 0 aliphatic carbocycles. The maximum atomic E-state index is 11.7. The largest absolute Gasteiger partial charge is 0.370 e. The van der Waals surface area contributed by atoms with Crippen LogP contribution in [0.1, 0.15) is 17.5 Å². The molecule has 5 nitrogen and oxygen atoms in total. The van der Waals surface area contributed by atoms with Crippen molar-refractivity contribution < 1.29 is 0 Å². The van der Waals surface area contributed by atoms with Crippen LogP contribution < -0.4 is 10.9 Å². The molecule has 23 heavy (non-hydrogen) atoms. The van der Waals surface area contributed by atoms with Gasteiger partial charge in [-0.1, -0.05) is 0 Å². The third-order valence-corrected chi connectivity index (χ3v) is 4.43. The van der Waals surface area contributed by atoms with Crippen LogP contribution in [0.4, 0.5) is 5.82 Å². The smallest absolute Gasteiger partial charge is 0.250 e. The Kier molecular flexibility index (Phi) is 4.76. The molecule has 1 aliphatic heterocycles. The van der Waals surface area contributed by atoms with Gasteiger partial charge < -0.3 is 9.88 Å². The standard InChI is InChI=1S/C18H24N4O/c1-14-3-6-19-17(9-14)20-11-16-5-8-22(13-16)12-15-4-7-21(2)18(23)10-15/h3-4,6-7,9-10,16H,5,8,11-13H2,1-2H3,(H,19,20)/t16-/m1/s1. The number of nitrogens with one attached hydrogen (secondary N) is 1. The average Bonchev–Trinajstić information content (AvgIpc) is 2.97. The zero-order valence-electron chi connectivity index (χ0n) is 13.8. The van der Waals surface area contributed by atoms with Crippen molar-refractivity contribution in [1.82, 2.24) is 14.5 Å². The molecule has 1 fully saturated rings. The number of hydrogen-bond acceptors (Lipinski definition) is 4. The summed E-state index contributed by atoms with van der Waals surface area (Å²) in [6.07, 6.45) is 4.87. The van der Waals surface area contributed by atoms with E-state index in [1.165, 1.54) is 12.0 Å². The molecule has 1 saturated heterocycles. The van der Waals surface area contributed by atoms with Gasteiger partial charge in [0.05, 0.1) is 0 Å². The summed E-state index contributed by atoms with van der Waals surface area (Å²) in [5.41, 5.74) is 2.38. The fourth-order valence-corrected chi connectivity index (χ4v) is 3.05. The highest BCUT2D eigenvalue weighted by atomic mass is 16.1. The van der Waals surface area contributed by atoms with Crippen LogP contribution in [-0.2, 0) is 13.6 Å². The topological polar surface area (TPSA) is 50.2 Å². The Bertz CT molecular complexity index is 725. The van der Waals surface area contributed by atoms with Crippen molar-refractivity contribution in [2.45, 2.75) is 19.9 Å². The Labute approximate surface area is 137 Å². The van der Waals surface area contributed by atoms with Crippen LogP contribution >= 0.6 is 0 Å². The fraction of sp³-hybridized carbons (Fsp3) is 0.444. The Balaban J connectivity index is 1.50. The zero-order valence-corrected chi connectivity index (χ0v) is 13.8. The van der Waals surface area contributed by atoms with Crippen LogP contribution in [0.5, 0.6) is 0 Å². The van der Waals surface area contributed by atoms with Crippen molar-refractivity contribution in [1.29, 1.82) is 0 Å². The molecule has 0 aromatic carbocycles. The summed E-state index contributed by atoms with van der Waals surface area (Å²) in [6, 6.07) is 7.85. The molecule has 3 heterocycles. The van der Waals surface area contributed by atoms with E-state index in [-0.39, 0.29) is 5.56 Å². The molecule has 5 heteroatoms. The van der Waals surface area contributed by atoms with Gasteiger partial charge >= 0.3 is 0 Å². The number of pyridine rings is 2. The van der Waals surface area contributed by atoms with E-state index in [0.29, 0.717) is 5.92 Å². The highest BCUT2D eigenvalue weighted by Crippen LogP contribution is 2.19. The third kappa shape index (κ3) is 4.20. The van der Waals surface area contributed by atoms with E-state index in [1.807, 2.05) is 24.5 Å². The SMILES string of the molecule is Cc1ccnc(NC[C@H]2CCN(Cc3ccn(C)c(=O)c3)C2)c1. The fourth-order valence-electron chi connectivity index (χ4n) is 3.05. The maximum absolute atomic E-state index is 11.7. The van der Waals surface area contributed by atoms with Crippen molar-refractivity contribution in [2.75, 3.05) is 25.0 Å². The van der Waals surface area contributed by atoms with Gasteiger partial charge in [-0.3, -0.25) is 9.69 Å². The first kappa shape index (κ1) is 15.7. The monoisotopic (exact) mass is 312 g/mol. The summed E-state index contributed by atoms with van der Waals surface area (Å²) in [6.45, 7) is 6.03. The number of hydrogen-bond donors (Lipinski definition) is 1. The normalized spacial score (nSPS) is 18.3. The molecule has 0 amide bonds. The lowest BCUT2D eigenvalue weighted by molar-refractivity contribution is 0.318. The molecule has 1 N–H and O–H groups in total. The molecule has 0 radical (unpaired) electrons. The second kappa shape index (κ2) is 6.96. The van der Waals surface area contributed by atoms with Gasteiger partial charge in [0.2, 0.25) is 0 Å². The Hall–Kier alpha value is -2.14. The van der Waals surface area contributed by atoms with Crippen molar-refractivity contribution in [3.63, 3.8) is 0 Å². The highest BCUT2D eigenvalue weighted by molar-refractivity contribution is 5.36. The van der Waals surface area contributed by atoms with E-state index in [0.717, 1.165) is 37.6 Å². The summed E-state index contributed by atoms with van der Waals surface area (Å²) in [7, 11) is 1.78. The van der Waals surface area contributed by atoms with Crippen LogP contribution in [0.15, 0.2) is 41.5 Å². The van der Waals surface area contributed by atoms with Gasteiger partial charge in [0.25, 0.3) is 5.56 Å². The molecule has 0 unspecified atom stereocenters.